The van der Waals surface area contributed by atoms with E-state index in [1.54, 1.807) is 0 Å². The second-order valence-electron chi connectivity index (χ2n) is 5.77. The Bertz CT molecular complexity index is 840. The van der Waals surface area contributed by atoms with Gasteiger partial charge in [-0.05, 0) is 31.0 Å². The number of nitrogens with one attached hydrogen (secondary N) is 1. The van der Waals surface area contributed by atoms with Crippen molar-refractivity contribution in [1.82, 2.24) is 4.98 Å². The van der Waals surface area contributed by atoms with Gasteiger partial charge >= 0.3 is 0 Å². The molecule has 0 aliphatic carbocycles. The average molecular weight is 352 g/mol. The number of hydrogen-bond donors (Lipinski definition) is 1. The van der Waals surface area contributed by atoms with Crippen LogP contribution in [0.1, 0.15) is 21.7 Å². The molecule has 0 saturated heterocycles. The van der Waals surface area contributed by atoms with Crippen molar-refractivity contribution in [3.05, 3.63) is 76.3 Å². The van der Waals surface area contributed by atoms with Crippen LogP contribution in [0.3, 0.4) is 0 Å². The van der Waals surface area contributed by atoms with E-state index in [0.717, 1.165) is 28.3 Å². The Labute approximate surface area is 151 Å². The van der Waals surface area contributed by atoms with E-state index >= 15 is 0 Å². The van der Waals surface area contributed by atoms with E-state index in [1.165, 1.54) is 16.9 Å². The van der Waals surface area contributed by atoms with Crippen LogP contribution in [-0.4, -0.2) is 17.5 Å². The van der Waals surface area contributed by atoms with Gasteiger partial charge in [-0.3, -0.25) is 10.1 Å². The smallest absolute Gasteiger partial charge is 0.264 e. The van der Waals surface area contributed by atoms with Crippen LogP contribution < -0.4 is 10.1 Å². The molecule has 1 aromatic heterocycles. The second kappa shape index (κ2) is 7.94. The summed E-state index contributed by atoms with van der Waals surface area (Å²) in [6.07, 6.45) is 0.767. The van der Waals surface area contributed by atoms with E-state index in [4.69, 9.17) is 4.74 Å². The van der Waals surface area contributed by atoms with Crippen LogP contribution in [0.2, 0.25) is 0 Å². The monoisotopic (exact) mass is 352 g/mol. The summed E-state index contributed by atoms with van der Waals surface area (Å²) in [4.78, 5) is 17.5. The number of para-hydroxylation sites is 1. The summed E-state index contributed by atoms with van der Waals surface area (Å²) in [6, 6.07) is 18.0. The first-order valence-electron chi connectivity index (χ1n) is 8.10. The number of ether oxygens (including phenoxy) is 1. The van der Waals surface area contributed by atoms with Crippen molar-refractivity contribution in [2.75, 3.05) is 11.9 Å². The van der Waals surface area contributed by atoms with Gasteiger partial charge in [0.25, 0.3) is 5.91 Å². The zero-order valence-electron chi connectivity index (χ0n) is 14.3. The number of benzene rings is 2. The standard InChI is InChI=1S/C20H20N2O2S/c1-14-15(2)25-20(21-14)22-19(23)13-24-18-11-7-6-10-17(18)12-16-8-4-3-5-9-16/h3-11H,12-13H2,1-2H3,(H,21,22,23). The lowest BCUT2D eigenvalue weighted by Crippen LogP contribution is -2.20. The number of anilines is 1. The van der Waals surface area contributed by atoms with E-state index in [0.29, 0.717) is 5.13 Å². The summed E-state index contributed by atoms with van der Waals surface area (Å²) in [5.74, 6) is 0.524. The van der Waals surface area contributed by atoms with Gasteiger partial charge in [0.2, 0.25) is 0 Å². The minimum atomic E-state index is -0.205. The molecule has 3 rings (SSSR count). The Kier molecular flexibility index (Phi) is 5.46. The molecule has 0 aliphatic heterocycles. The molecule has 0 aliphatic rings. The van der Waals surface area contributed by atoms with Crippen LogP contribution in [0.4, 0.5) is 5.13 Å². The van der Waals surface area contributed by atoms with Crippen molar-refractivity contribution < 1.29 is 9.53 Å². The van der Waals surface area contributed by atoms with Crippen molar-refractivity contribution >= 4 is 22.4 Å². The predicted molar refractivity (Wildman–Crippen MR) is 101 cm³/mol. The highest BCUT2D eigenvalue weighted by Gasteiger charge is 2.10. The fourth-order valence-electron chi connectivity index (χ4n) is 2.43. The molecule has 0 bridgehead atoms. The lowest BCUT2D eigenvalue weighted by atomic mass is 10.0. The summed E-state index contributed by atoms with van der Waals surface area (Å²) in [5.41, 5.74) is 3.20. The van der Waals surface area contributed by atoms with Crippen LogP contribution in [-0.2, 0) is 11.2 Å². The van der Waals surface area contributed by atoms with E-state index in [1.807, 2.05) is 56.3 Å². The number of nitrogens with zero attached hydrogens (tertiary/aromatic N) is 1. The number of rotatable bonds is 6. The molecule has 25 heavy (non-hydrogen) atoms. The first-order chi connectivity index (χ1) is 12.1. The van der Waals surface area contributed by atoms with Gasteiger partial charge in [0.05, 0.1) is 5.69 Å². The molecule has 0 fully saturated rings. The lowest BCUT2D eigenvalue weighted by molar-refractivity contribution is -0.118. The first-order valence-corrected chi connectivity index (χ1v) is 8.92. The van der Waals surface area contributed by atoms with Gasteiger partial charge in [-0.2, -0.15) is 0 Å². The van der Waals surface area contributed by atoms with Gasteiger partial charge in [-0.1, -0.05) is 48.5 Å². The van der Waals surface area contributed by atoms with E-state index in [2.05, 4.69) is 22.4 Å². The fourth-order valence-corrected chi connectivity index (χ4v) is 3.26. The molecule has 1 heterocycles. The molecule has 3 aromatic rings. The molecule has 0 spiro atoms. The van der Waals surface area contributed by atoms with Gasteiger partial charge in [0.15, 0.2) is 11.7 Å². The number of aryl methyl sites for hydroxylation is 2. The number of carbonyl (C=O) groups excluding carboxylic acids is 1. The molecule has 128 valence electrons. The van der Waals surface area contributed by atoms with Crippen molar-refractivity contribution in [3.8, 4) is 5.75 Å². The highest BCUT2D eigenvalue weighted by atomic mass is 32.1. The van der Waals surface area contributed by atoms with Crippen LogP contribution in [0.5, 0.6) is 5.75 Å². The maximum absolute atomic E-state index is 12.1. The number of aromatic nitrogens is 1. The molecule has 2 aromatic carbocycles. The van der Waals surface area contributed by atoms with E-state index < -0.39 is 0 Å². The molecule has 0 saturated carbocycles. The molecule has 0 atom stereocenters. The van der Waals surface area contributed by atoms with Crippen LogP contribution in [0, 0.1) is 13.8 Å². The van der Waals surface area contributed by atoms with Crippen molar-refractivity contribution in [2.45, 2.75) is 20.3 Å². The topological polar surface area (TPSA) is 51.2 Å². The zero-order valence-corrected chi connectivity index (χ0v) is 15.1. The highest BCUT2D eigenvalue weighted by molar-refractivity contribution is 7.15. The Morgan fingerprint density at radius 1 is 1.08 bits per heavy atom. The second-order valence-corrected chi connectivity index (χ2v) is 6.97. The third kappa shape index (κ3) is 4.67. The molecule has 0 radical (unpaired) electrons. The van der Waals surface area contributed by atoms with Crippen molar-refractivity contribution in [2.24, 2.45) is 0 Å². The van der Waals surface area contributed by atoms with Gasteiger partial charge in [-0.25, -0.2) is 4.98 Å². The summed E-state index contributed by atoms with van der Waals surface area (Å²) in [7, 11) is 0. The van der Waals surface area contributed by atoms with Gasteiger partial charge in [0.1, 0.15) is 5.75 Å². The highest BCUT2D eigenvalue weighted by Crippen LogP contribution is 2.23. The summed E-state index contributed by atoms with van der Waals surface area (Å²) >= 11 is 1.47. The molecule has 1 N–H and O–H groups in total. The Balaban J connectivity index is 1.62. The molecular weight excluding hydrogens is 332 g/mol. The van der Waals surface area contributed by atoms with Crippen LogP contribution in [0.25, 0.3) is 0 Å². The predicted octanol–water partition coefficient (Wildman–Crippen LogP) is 4.37. The van der Waals surface area contributed by atoms with Crippen molar-refractivity contribution in [1.29, 1.82) is 0 Å². The zero-order chi connectivity index (χ0) is 17.6. The largest absolute Gasteiger partial charge is 0.483 e. The van der Waals surface area contributed by atoms with E-state index in [-0.39, 0.29) is 12.5 Å². The van der Waals surface area contributed by atoms with Gasteiger partial charge in [0, 0.05) is 11.3 Å². The number of amides is 1. The molecule has 0 unspecified atom stereocenters. The normalized spacial score (nSPS) is 10.5. The maximum Gasteiger partial charge on any atom is 0.264 e. The lowest BCUT2D eigenvalue weighted by Gasteiger charge is -2.11. The first kappa shape index (κ1) is 17.2. The maximum atomic E-state index is 12.1. The number of thiazole rings is 1. The van der Waals surface area contributed by atoms with E-state index in [9.17, 15) is 4.79 Å². The van der Waals surface area contributed by atoms with Gasteiger partial charge < -0.3 is 4.74 Å². The third-order valence-corrected chi connectivity index (χ3v) is 4.83. The van der Waals surface area contributed by atoms with Crippen LogP contribution in [0.15, 0.2) is 54.6 Å². The Morgan fingerprint density at radius 2 is 1.80 bits per heavy atom. The van der Waals surface area contributed by atoms with Gasteiger partial charge in [-0.15, -0.1) is 11.3 Å². The summed E-state index contributed by atoms with van der Waals surface area (Å²) in [5, 5.41) is 3.40. The quantitative estimate of drug-likeness (QED) is 0.717. The summed E-state index contributed by atoms with van der Waals surface area (Å²) in [6.45, 7) is 3.88. The SMILES string of the molecule is Cc1nc(NC(=O)COc2ccccc2Cc2ccccc2)sc1C. The fraction of sp³-hybridized carbons (Fsp3) is 0.200. The van der Waals surface area contributed by atoms with Crippen molar-refractivity contribution in [3.63, 3.8) is 0 Å². The molecule has 5 heteroatoms. The number of hydrogen-bond acceptors (Lipinski definition) is 4. The number of carbonyl (C=O) groups is 1. The molecular formula is C20H20N2O2S. The Hall–Kier alpha value is -2.66. The minimum Gasteiger partial charge on any atom is -0.483 e. The third-order valence-electron chi connectivity index (χ3n) is 3.84. The molecule has 4 nitrogen and oxygen atoms in total. The molecule has 1 amide bonds. The minimum absolute atomic E-state index is 0.0382. The summed E-state index contributed by atoms with van der Waals surface area (Å²) < 4.78 is 5.75. The Morgan fingerprint density at radius 3 is 2.52 bits per heavy atom. The average Bonchev–Trinajstić information content (AvgIpc) is 2.92. The van der Waals surface area contributed by atoms with Crippen LogP contribution >= 0.6 is 11.3 Å².